The molecule has 0 bridgehead atoms. The van der Waals surface area contributed by atoms with Gasteiger partial charge in [0, 0.05) is 18.0 Å². The van der Waals surface area contributed by atoms with Crippen LogP contribution in [0.25, 0.3) is 0 Å². The topological polar surface area (TPSA) is 88.5 Å². The number of ether oxygens (including phenoxy) is 1. The van der Waals surface area contributed by atoms with Crippen molar-refractivity contribution in [2.45, 2.75) is 32.8 Å². The summed E-state index contributed by atoms with van der Waals surface area (Å²) in [5.74, 6) is -0.334. The normalized spacial score (nSPS) is 10.5. The van der Waals surface area contributed by atoms with E-state index in [9.17, 15) is 9.59 Å². The molecule has 0 spiro atoms. The lowest BCUT2D eigenvalue weighted by Crippen LogP contribution is -2.24. The number of carboxylic acids is 1. The minimum absolute atomic E-state index is 0.113. The molecular formula is C17H19ClN2O4S. The van der Waals surface area contributed by atoms with Crippen molar-refractivity contribution in [3.63, 3.8) is 0 Å². The van der Waals surface area contributed by atoms with E-state index in [1.165, 1.54) is 11.3 Å². The molecule has 25 heavy (non-hydrogen) atoms. The van der Waals surface area contributed by atoms with Gasteiger partial charge in [0.1, 0.15) is 22.2 Å². The Morgan fingerprint density at radius 2 is 2.00 bits per heavy atom. The van der Waals surface area contributed by atoms with E-state index in [1.807, 2.05) is 0 Å². The number of benzene rings is 1. The Labute approximate surface area is 154 Å². The van der Waals surface area contributed by atoms with Crippen molar-refractivity contribution in [1.82, 2.24) is 10.3 Å². The van der Waals surface area contributed by atoms with Crippen LogP contribution in [0.5, 0.6) is 5.75 Å². The van der Waals surface area contributed by atoms with Crippen LogP contribution in [-0.2, 0) is 11.4 Å². The van der Waals surface area contributed by atoms with Crippen LogP contribution in [-0.4, -0.2) is 28.5 Å². The smallest absolute Gasteiger partial charge is 0.303 e. The summed E-state index contributed by atoms with van der Waals surface area (Å²) in [6.45, 7) is 2.50. The molecule has 0 saturated heterocycles. The number of carbonyl (C=O) groups excluding carboxylic acids is 1. The first kappa shape index (κ1) is 19.2. The predicted octanol–water partition coefficient (Wildman–Crippen LogP) is 3.67. The van der Waals surface area contributed by atoms with Gasteiger partial charge in [-0.25, -0.2) is 4.98 Å². The van der Waals surface area contributed by atoms with Gasteiger partial charge in [0.05, 0.1) is 5.69 Å². The van der Waals surface area contributed by atoms with Gasteiger partial charge in [0.15, 0.2) is 0 Å². The summed E-state index contributed by atoms with van der Waals surface area (Å²) in [6, 6.07) is 7.03. The molecule has 134 valence electrons. The third-order valence-electron chi connectivity index (χ3n) is 3.33. The second kappa shape index (κ2) is 9.39. The number of nitrogens with one attached hydrogen (secondary N) is 1. The fraction of sp³-hybridized carbons (Fsp3) is 0.353. The van der Waals surface area contributed by atoms with Crippen LogP contribution in [0, 0.1) is 6.92 Å². The summed E-state index contributed by atoms with van der Waals surface area (Å²) in [6.07, 6.45) is 1.28. The largest absolute Gasteiger partial charge is 0.486 e. The van der Waals surface area contributed by atoms with E-state index >= 15 is 0 Å². The Morgan fingerprint density at radius 1 is 1.28 bits per heavy atom. The second-order valence-electron chi connectivity index (χ2n) is 5.37. The molecule has 0 radical (unpaired) electrons. The molecule has 1 aromatic heterocycles. The number of aromatic nitrogens is 1. The highest BCUT2D eigenvalue weighted by molar-refractivity contribution is 7.13. The van der Waals surface area contributed by atoms with Gasteiger partial charge in [0.2, 0.25) is 0 Å². The standard InChI is InChI=1S/C17H19ClN2O4S/c1-11-16(17(23)19-9-3-2-4-15(21)22)25-14(20-11)10-24-13-7-5-12(18)6-8-13/h5-8H,2-4,9-10H2,1H3,(H,19,23)(H,21,22). The Bertz CT molecular complexity index is 731. The van der Waals surface area contributed by atoms with Gasteiger partial charge in [-0.2, -0.15) is 0 Å². The van der Waals surface area contributed by atoms with Crippen LogP contribution >= 0.6 is 22.9 Å². The van der Waals surface area contributed by atoms with Gasteiger partial charge in [-0.1, -0.05) is 11.6 Å². The number of carboxylic acid groups (broad SMARTS) is 1. The van der Waals surface area contributed by atoms with Crippen LogP contribution in [0.2, 0.25) is 5.02 Å². The van der Waals surface area contributed by atoms with E-state index in [0.717, 1.165) is 0 Å². The number of carbonyl (C=O) groups is 2. The lowest BCUT2D eigenvalue weighted by molar-refractivity contribution is -0.137. The Hall–Kier alpha value is -2.12. The average Bonchev–Trinajstić information content (AvgIpc) is 2.94. The molecule has 1 heterocycles. The number of aliphatic carboxylic acids is 1. The molecule has 0 saturated carbocycles. The molecule has 0 atom stereocenters. The van der Waals surface area contributed by atoms with Gasteiger partial charge in [-0.05, 0) is 44.0 Å². The first-order valence-corrected chi connectivity index (χ1v) is 9.00. The van der Waals surface area contributed by atoms with Crippen LogP contribution in [0.3, 0.4) is 0 Å². The van der Waals surface area contributed by atoms with Crippen LogP contribution in [0.4, 0.5) is 0 Å². The summed E-state index contributed by atoms with van der Waals surface area (Å²) in [4.78, 5) is 27.5. The number of halogens is 1. The minimum atomic E-state index is -0.824. The number of amides is 1. The zero-order valence-electron chi connectivity index (χ0n) is 13.8. The van der Waals surface area contributed by atoms with Crippen molar-refractivity contribution in [3.05, 3.63) is 44.9 Å². The molecule has 0 aliphatic heterocycles. The van der Waals surface area contributed by atoms with Crippen molar-refractivity contribution in [2.75, 3.05) is 6.54 Å². The summed E-state index contributed by atoms with van der Waals surface area (Å²) >= 11 is 7.12. The van der Waals surface area contributed by atoms with Crippen molar-refractivity contribution < 1.29 is 19.4 Å². The summed E-state index contributed by atoms with van der Waals surface area (Å²) in [7, 11) is 0. The average molecular weight is 383 g/mol. The summed E-state index contributed by atoms with van der Waals surface area (Å²) in [5.41, 5.74) is 0.655. The first-order valence-electron chi connectivity index (χ1n) is 7.80. The molecule has 0 aliphatic carbocycles. The molecule has 2 N–H and O–H groups in total. The monoisotopic (exact) mass is 382 g/mol. The maximum Gasteiger partial charge on any atom is 0.303 e. The van der Waals surface area contributed by atoms with Crippen LogP contribution < -0.4 is 10.1 Å². The molecule has 1 aromatic carbocycles. The molecule has 8 heteroatoms. The van der Waals surface area contributed by atoms with Gasteiger partial charge >= 0.3 is 5.97 Å². The lowest BCUT2D eigenvalue weighted by Gasteiger charge is -2.03. The van der Waals surface area contributed by atoms with Crippen LogP contribution in [0.1, 0.15) is 39.6 Å². The number of hydrogen-bond donors (Lipinski definition) is 2. The summed E-state index contributed by atoms with van der Waals surface area (Å²) in [5, 5.41) is 12.7. The van der Waals surface area contributed by atoms with Gasteiger partial charge in [0.25, 0.3) is 5.91 Å². The summed E-state index contributed by atoms with van der Waals surface area (Å²) < 4.78 is 5.63. The Morgan fingerprint density at radius 3 is 2.68 bits per heavy atom. The van der Waals surface area contributed by atoms with Gasteiger partial charge < -0.3 is 15.2 Å². The third-order valence-corrected chi connectivity index (χ3v) is 4.71. The number of thiazole rings is 1. The van der Waals surface area contributed by atoms with E-state index in [-0.39, 0.29) is 18.9 Å². The number of unbranched alkanes of at least 4 members (excludes halogenated alkanes) is 1. The van der Waals surface area contributed by atoms with E-state index in [0.29, 0.717) is 45.7 Å². The maximum atomic E-state index is 12.2. The van der Waals surface area contributed by atoms with E-state index in [4.69, 9.17) is 21.4 Å². The molecule has 2 aromatic rings. The molecule has 0 unspecified atom stereocenters. The highest BCUT2D eigenvalue weighted by Gasteiger charge is 2.15. The molecular weight excluding hydrogens is 364 g/mol. The molecule has 1 amide bonds. The fourth-order valence-electron chi connectivity index (χ4n) is 2.08. The Balaban J connectivity index is 1.82. The molecule has 0 aliphatic rings. The van der Waals surface area contributed by atoms with Crippen molar-refractivity contribution >= 4 is 34.8 Å². The van der Waals surface area contributed by atoms with E-state index in [2.05, 4.69) is 10.3 Å². The van der Waals surface area contributed by atoms with E-state index < -0.39 is 5.97 Å². The number of hydrogen-bond acceptors (Lipinski definition) is 5. The van der Waals surface area contributed by atoms with Crippen molar-refractivity contribution in [2.24, 2.45) is 0 Å². The van der Waals surface area contributed by atoms with Crippen molar-refractivity contribution in [1.29, 1.82) is 0 Å². The molecule has 6 nitrogen and oxygen atoms in total. The quantitative estimate of drug-likeness (QED) is 0.646. The molecule has 2 rings (SSSR count). The SMILES string of the molecule is Cc1nc(COc2ccc(Cl)cc2)sc1C(=O)NCCCCC(=O)O. The maximum absolute atomic E-state index is 12.2. The predicted molar refractivity (Wildman–Crippen MR) is 96.5 cm³/mol. The van der Waals surface area contributed by atoms with Crippen LogP contribution in [0.15, 0.2) is 24.3 Å². The zero-order chi connectivity index (χ0) is 18.2. The molecule has 0 fully saturated rings. The number of nitrogens with zero attached hydrogens (tertiary/aromatic N) is 1. The number of aryl methyl sites for hydroxylation is 1. The fourth-order valence-corrected chi connectivity index (χ4v) is 3.10. The first-order chi connectivity index (χ1) is 12.0. The van der Waals surface area contributed by atoms with Gasteiger partial charge in [-0.15, -0.1) is 11.3 Å². The Kier molecular flexibility index (Phi) is 7.21. The van der Waals surface area contributed by atoms with Gasteiger partial charge in [-0.3, -0.25) is 9.59 Å². The zero-order valence-corrected chi connectivity index (χ0v) is 15.3. The second-order valence-corrected chi connectivity index (χ2v) is 6.89. The highest BCUT2D eigenvalue weighted by Crippen LogP contribution is 2.21. The number of rotatable bonds is 9. The van der Waals surface area contributed by atoms with Crippen molar-refractivity contribution in [3.8, 4) is 5.75 Å². The minimum Gasteiger partial charge on any atom is -0.486 e. The van der Waals surface area contributed by atoms with E-state index in [1.54, 1.807) is 31.2 Å². The third kappa shape index (κ3) is 6.36. The lowest BCUT2D eigenvalue weighted by atomic mass is 10.2. The highest BCUT2D eigenvalue weighted by atomic mass is 35.5.